The number of esters is 2. The van der Waals surface area contributed by atoms with E-state index < -0.39 is 95.6 Å². The quantitative estimate of drug-likeness (QED) is 0.0215. The maximum atomic E-state index is 13.9. The van der Waals surface area contributed by atoms with Gasteiger partial charge in [-0.3, -0.25) is 19.2 Å². The lowest BCUT2D eigenvalue weighted by molar-refractivity contribution is -0.168. The van der Waals surface area contributed by atoms with Gasteiger partial charge in [0.1, 0.15) is 24.4 Å². The van der Waals surface area contributed by atoms with Crippen LogP contribution in [0.2, 0.25) is 0 Å². The van der Waals surface area contributed by atoms with Gasteiger partial charge in [-0.2, -0.15) is 0 Å². The van der Waals surface area contributed by atoms with Crippen LogP contribution in [0.15, 0.2) is 60.2 Å². The Morgan fingerprint density at radius 3 is 2.25 bits per heavy atom. The molecule has 0 saturated carbocycles. The second kappa shape index (κ2) is 28.9. The molecule has 3 heterocycles. The summed E-state index contributed by atoms with van der Waals surface area (Å²) in [5.41, 5.74) is 10.1. The number of nitrogens with one attached hydrogen (secondary N) is 3. The van der Waals surface area contributed by atoms with Crippen LogP contribution < -0.4 is 27.4 Å². The van der Waals surface area contributed by atoms with Crippen molar-refractivity contribution in [1.82, 2.24) is 20.4 Å². The van der Waals surface area contributed by atoms with Gasteiger partial charge in [-0.05, 0) is 88.1 Å². The first-order valence-electron chi connectivity index (χ1n) is 26.3. The molecule has 0 spiro atoms. The number of epoxide rings is 1. The lowest BCUT2D eigenvalue weighted by atomic mass is 9.88. The predicted octanol–water partition coefficient (Wildman–Crippen LogP) is 4.09. The molecule has 3 aliphatic heterocycles. The molecule has 1 aromatic rings. The van der Waals surface area contributed by atoms with Crippen LogP contribution in [0.25, 0.3) is 0 Å². The van der Waals surface area contributed by atoms with Crippen LogP contribution >= 0.6 is 0 Å². The Hall–Kier alpha value is -6.07. The summed E-state index contributed by atoms with van der Waals surface area (Å²) in [6.45, 7) is 15.9. The van der Waals surface area contributed by atoms with Gasteiger partial charge in [0.15, 0.2) is 6.10 Å². The molecule has 424 valence electrons. The molecular formula is C54H83N7O15. The molecule has 1 aromatic carbocycles. The first kappa shape index (κ1) is 62.5. The van der Waals surface area contributed by atoms with Crippen molar-refractivity contribution < 1.29 is 72.6 Å². The van der Waals surface area contributed by atoms with E-state index in [0.717, 1.165) is 0 Å². The normalized spacial score (nSPS) is 26.2. The number of carbonyl (C=O) groups is 7. The van der Waals surface area contributed by atoms with E-state index in [4.69, 9.17) is 35.2 Å². The average Bonchev–Trinajstić information content (AvgIpc) is 4.12. The van der Waals surface area contributed by atoms with Crippen LogP contribution in [-0.4, -0.2) is 160 Å². The first-order chi connectivity index (χ1) is 35.7. The third-order valence-corrected chi connectivity index (χ3v) is 14.0. The Balaban J connectivity index is 1.37. The lowest BCUT2D eigenvalue weighted by Gasteiger charge is -2.38. The summed E-state index contributed by atoms with van der Waals surface area (Å²) in [7, 11) is 0. The number of cyclic esters (lactones) is 1. The number of amides is 6. The number of aliphatic hydroxyl groups is 3. The number of hydrogen-bond donors (Lipinski definition) is 8. The van der Waals surface area contributed by atoms with Crippen molar-refractivity contribution in [2.24, 2.45) is 29.2 Å². The molecule has 12 atom stereocenters. The largest absolute Gasteiger partial charge is 0.457 e. The minimum absolute atomic E-state index is 0.00709. The Bertz CT molecular complexity index is 2230. The fourth-order valence-corrected chi connectivity index (χ4v) is 8.99. The fourth-order valence-electron chi connectivity index (χ4n) is 8.99. The topological polar surface area (TPSA) is 324 Å². The van der Waals surface area contributed by atoms with Crippen LogP contribution in [0, 0.1) is 17.8 Å². The molecule has 0 bridgehead atoms. The number of benzene rings is 1. The SMILES string of the molecule is CCC(O)C(C)[C@H]1O[C@@H]1CC(C)(O)/C=C/C=C(\C)[C@H]1OC(=O)C[C@H](O)CC[C@@](C)(OC(C)=O)[C@@H](OC(=O)N2CCN(C(=O)OCc3ccc(NC(=O)C(CCCNC(N)=O)NC(=O)C(N)C(C)C)cc3)CC2)/C=C/[C@@H]1C. The van der Waals surface area contributed by atoms with Crippen molar-refractivity contribution in [3.8, 4) is 0 Å². The van der Waals surface area contributed by atoms with E-state index in [1.807, 2.05) is 13.8 Å². The smallest absolute Gasteiger partial charge is 0.410 e. The highest BCUT2D eigenvalue weighted by Gasteiger charge is 2.47. The standard InChI is InChI=1S/C54H83N7O15/c1-10-41(64)35(6)47-42(73-47)30-53(8,71)22-11-13-33(4)46-34(5)15-20-43(54(9,76-36(7)62)23-21-39(63)29-44(65)75-46)74-52(70)61-27-25-60(26-28-61)51(69)72-31-37-16-18-38(19-17-37)58-48(66)40(14-12-24-57-50(56)68)59-49(67)45(55)32(2)3/h11,13,15-20,22,32,34-35,39-43,45-47,63-64,71H,10,12,14,21,23-31,55H2,1-9H3,(H,58,66)(H,59,67)(H3,56,57,68)/b20-15+,22-11+,33-13+/t34-,35?,39+,40?,41?,42+,43-,45?,46+,47+,53?,54+/m0/s1. The maximum absolute atomic E-state index is 13.9. The Morgan fingerprint density at radius 1 is 1.00 bits per heavy atom. The van der Waals surface area contributed by atoms with Gasteiger partial charge in [0.2, 0.25) is 11.8 Å². The van der Waals surface area contributed by atoms with Gasteiger partial charge in [0.05, 0.1) is 42.5 Å². The van der Waals surface area contributed by atoms with E-state index in [1.165, 1.54) is 16.7 Å². The van der Waals surface area contributed by atoms with E-state index in [1.54, 1.807) is 96.2 Å². The van der Waals surface area contributed by atoms with Crippen LogP contribution in [-0.2, 0) is 49.5 Å². The number of primary amides is 1. The second-order valence-electron chi connectivity index (χ2n) is 21.0. The molecule has 10 N–H and O–H groups in total. The molecule has 2 saturated heterocycles. The van der Waals surface area contributed by atoms with Gasteiger partial charge in [-0.15, -0.1) is 0 Å². The molecular weight excluding hydrogens is 987 g/mol. The van der Waals surface area contributed by atoms with Crippen LogP contribution in [0.4, 0.5) is 20.1 Å². The molecule has 5 unspecified atom stereocenters. The highest BCUT2D eigenvalue weighted by Crippen LogP contribution is 2.38. The van der Waals surface area contributed by atoms with E-state index in [2.05, 4.69) is 16.0 Å². The second-order valence-corrected chi connectivity index (χ2v) is 21.0. The number of hydrogen-bond acceptors (Lipinski definition) is 16. The minimum atomic E-state index is -1.48. The molecule has 76 heavy (non-hydrogen) atoms. The molecule has 0 radical (unpaired) electrons. The van der Waals surface area contributed by atoms with Crippen molar-refractivity contribution in [1.29, 1.82) is 0 Å². The number of anilines is 1. The van der Waals surface area contributed by atoms with Crippen molar-refractivity contribution in [3.63, 3.8) is 0 Å². The highest BCUT2D eigenvalue weighted by molar-refractivity contribution is 5.97. The molecule has 0 aromatic heterocycles. The molecule has 22 nitrogen and oxygen atoms in total. The lowest BCUT2D eigenvalue weighted by Crippen LogP contribution is -2.53. The van der Waals surface area contributed by atoms with Crippen molar-refractivity contribution >= 4 is 47.7 Å². The Labute approximate surface area is 446 Å². The highest BCUT2D eigenvalue weighted by atomic mass is 16.6. The van der Waals surface area contributed by atoms with E-state index in [-0.39, 0.29) is 89.1 Å². The average molecular weight is 1070 g/mol. The van der Waals surface area contributed by atoms with Crippen LogP contribution in [0.1, 0.15) is 113 Å². The maximum Gasteiger partial charge on any atom is 0.410 e. The minimum Gasteiger partial charge on any atom is -0.457 e. The summed E-state index contributed by atoms with van der Waals surface area (Å²) in [4.78, 5) is 92.8. The number of allylic oxidation sites excluding steroid dienone is 2. The van der Waals surface area contributed by atoms with Crippen LogP contribution in [0.5, 0.6) is 0 Å². The number of nitrogens with two attached hydrogens (primary N) is 2. The van der Waals surface area contributed by atoms with E-state index in [9.17, 15) is 48.9 Å². The molecule has 6 amide bonds. The van der Waals surface area contributed by atoms with Gasteiger partial charge in [0, 0.05) is 63.6 Å². The third-order valence-electron chi connectivity index (χ3n) is 14.0. The molecule has 22 heteroatoms. The first-order valence-corrected chi connectivity index (χ1v) is 26.3. The van der Waals surface area contributed by atoms with E-state index >= 15 is 0 Å². The van der Waals surface area contributed by atoms with Gasteiger partial charge in [0.25, 0.3) is 0 Å². The summed E-state index contributed by atoms with van der Waals surface area (Å²) in [5.74, 6) is -3.05. The summed E-state index contributed by atoms with van der Waals surface area (Å²) in [6.07, 6.45) is 4.03. The number of nitrogens with zero attached hydrogens (tertiary/aromatic N) is 2. The van der Waals surface area contributed by atoms with Gasteiger partial charge in [-0.1, -0.05) is 71.1 Å². The molecule has 0 aliphatic carbocycles. The van der Waals surface area contributed by atoms with Gasteiger partial charge < -0.3 is 76.2 Å². The Morgan fingerprint density at radius 2 is 1.64 bits per heavy atom. The van der Waals surface area contributed by atoms with Crippen molar-refractivity contribution in [2.45, 2.75) is 174 Å². The number of ether oxygens (including phenoxy) is 5. The number of urea groups is 1. The zero-order valence-electron chi connectivity index (χ0n) is 45.5. The van der Waals surface area contributed by atoms with E-state index in [0.29, 0.717) is 36.1 Å². The summed E-state index contributed by atoms with van der Waals surface area (Å²) >= 11 is 0. The zero-order valence-corrected chi connectivity index (χ0v) is 45.5. The zero-order chi connectivity index (χ0) is 56.5. The summed E-state index contributed by atoms with van der Waals surface area (Å²) < 4.78 is 29.2. The summed E-state index contributed by atoms with van der Waals surface area (Å²) in [5, 5.41) is 40.3. The molecule has 2 fully saturated rings. The number of rotatable bonds is 21. The summed E-state index contributed by atoms with van der Waals surface area (Å²) in [6, 6.07) is 4.08. The monoisotopic (exact) mass is 1070 g/mol. The molecule has 3 aliphatic rings. The predicted molar refractivity (Wildman–Crippen MR) is 281 cm³/mol. The van der Waals surface area contributed by atoms with Crippen molar-refractivity contribution in [3.05, 3.63) is 65.8 Å². The number of piperazine rings is 1. The molecule has 4 rings (SSSR count). The number of carbonyl (C=O) groups excluding carboxylic acids is 7. The van der Waals surface area contributed by atoms with Gasteiger partial charge in [-0.25, -0.2) is 14.4 Å². The third kappa shape index (κ3) is 19.8. The van der Waals surface area contributed by atoms with Crippen LogP contribution in [0.3, 0.4) is 0 Å². The van der Waals surface area contributed by atoms with Crippen molar-refractivity contribution in [2.75, 3.05) is 38.0 Å². The Kier molecular flexibility index (Phi) is 23.7. The number of aliphatic hydroxyl groups excluding tert-OH is 2. The fraction of sp³-hybridized carbons (Fsp3) is 0.648. The van der Waals surface area contributed by atoms with Gasteiger partial charge >= 0.3 is 30.2 Å².